The second-order valence-electron chi connectivity index (χ2n) is 5.12. The van der Waals surface area contributed by atoms with E-state index in [0.29, 0.717) is 12.0 Å². The molecule has 4 nitrogen and oxygen atoms in total. The molecule has 0 aliphatic carbocycles. The normalized spacial score (nSPS) is 12.9. The fourth-order valence-corrected chi connectivity index (χ4v) is 4.00. The minimum Gasteiger partial charge on any atom is -0.274 e. The highest BCUT2D eigenvalue weighted by Crippen LogP contribution is 2.17. The Kier molecular flexibility index (Phi) is 4.97. The zero-order chi connectivity index (χ0) is 16.3. The lowest BCUT2D eigenvalue weighted by Crippen LogP contribution is -2.35. The molecule has 2 rings (SSSR count). The smallest absolute Gasteiger partial charge is 0.264 e. The van der Waals surface area contributed by atoms with Gasteiger partial charge in [0.2, 0.25) is 5.91 Å². The summed E-state index contributed by atoms with van der Waals surface area (Å²) in [5.41, 5.74) is 0.472. The third-order valence-corrected chi connectivity index (χ3v) is 5.32. The van der Waals surface area contributed by atoms with Crippen molar-refractivity contribution in [2.45, 2.75) is 25.2 Å². The van der Waals surface area contributed by atoms with Gasteiger partial charge in [-0.25, -0.2) is 17.5 Å². The summed E-state index contributed by atoms with van der Waals surface area (Å²) in [6.07, 6.45) is 0.460. The van der Waals surface area contributed by atoms with Crippen LogP contribution >= 0.6 is 11.3 Å². The molecule has 1 atom stereocenters. The zero-order valence-electron chi connectivity index (χ0n) is 12.2. The third-order valence-electron chi connectivity index (χ3n) is 3.10. The number of carbonyl (C=O) groups is 1. The number of aryl methyl sites for hydroxylation is 1. The summed E-state index contributed by atoms with van der Waals surface area (Å²) >= 11 is 1.51. The van der Waals surface area contributed by atoms with Crippen LogP contribution < -0.4 is 4.72 Å². The Balaban J connectivity index is 2.12. The second-order valence-corrected chi connectivity index (χ2v) is 7.83. The minimum atomic E-state index is -4.06. The Morgan fingerprint density at radius 3 is 2.68 bits per heavy atom. The molecule has 1 unspecified atom stereocenters. The van der Waals surface area contributed by atoms with E-state index in [4.69, 9.17) is 0 Å². The molecule has 1 amide bonds. The first kappa shape index (κ1) is 16.6. The molecule has 0 fully saturated rings. The van der Waals surface area contributed by atoms with Crippen LogP contribution in [0.4, 0.5) is 4.39 Å². The van der Waals surface area contributed by atoms with Crippen LogP contribution in [0.15, 0.2) is 40.6 Å². The molecule has 1 aromatic carbocycles. The molecule has 7 heteroatoms. The van der Waals surface area contributed by atoms with Gasteiger partial charge < -0.3 is 0 Å². The van der Waals surface area contributed by atoms with E-state index in [1.807, 2.05) is 22.2 Å². The third kappa shape index (κ3) is 4.14. The fraction of sp³-hybridized carbons (Fsp3) is 0.267. The van der Waals surface area contributed by atoms with E-state index in [-0.39, 0.29) is 4.90 Å². The number of nitrogens with one attached hydrogen (secondary N) is 1. The van der Waals surface area contributed by atoms with E-state index < -0.39 is 27.7 Å². The molecule has 0 saturated carbocycles. The Morgan fingerprint density at radius 1 is 1.36 bits per heavy atom. The molecule has 0 aliphatic heterocycles. The molecule has 0 radical (unpaired) electrons. The number of thiophene rings is 1. The number of halogens is 1. The largest absolute Gasteiger partial charge is 0.274 e. The predicted octanol–water partition coefficient (Wildman–Crippen LogP) is 2.88. The Hall–Kier alpha value is -1.73. The van der Waals surface area contributed by atoms with Crippen molar-refractivity contribution in [3.8, 4) is 0 Å². The van der Waals surface area contributed by atoms with Crippen molar-refractivity contribution in [2.24, 2.45) is 5.92 Å². The van der Waals surface area contributed by atoms with Gasteiger partial charge >= 0.3 is 0 Å². The number of amides is 1. The van der Waals surface area contributed by atoms with E-state index in [1.165, 1.54) is 23.5 Å². The average molecular weight is 341 g/mol. The number of benzene rings is 1. The number of rotatable bonds is 5. The van der Waals surface area contributed by atoms with Crippen LogP contribution in [0.2, 0.25) is 0 Å². The number of sulfonamides is 1. The van der Waals surface area contributed by atoms with Crippen molar-refractivity contribution in [1.82, 2.24) is 4.72 Å². The predicted molar refractivity (Wildman–Crippen MR) is 83.7 cm³/mol. The van der Waals surface area contributed by atoms with E-state index in [0.717, 1.165) is 10.9 Å². The van der Waals surface area contributed by atoms with Crippen LogP contribution in [-0.4, -0.2) is 14.3 Å². The van der Waals surface area contributed by atoms with E-state index >= 15 is 0 Å². The highest BCUT2D eigenvalue weighted by atomic mass is 32.2. The highest BCUT2D eigenvalue weighted by Gasteiger charge is 2.22. The van der Waals surface area contributed by atoms with Crippen molar-refractivity contribution >= 4 is 27.3 Å². The minimum absolute atomic E-state index is 0.248. The zero-order valence-corrected chi connectivity index (χ0v) is 13.8. The first-order chi connectivity index (χ1) is 10.3. The summed E-state index contributed by atoms with van der Waals surface area (Å²) in [4.78, 5) is 12.8. The van der Waals surface area contributed by atoms with Crippen LogP contribution in [0.3, 0.4) is 0 Å². The van der Waals surface area contributed by atoms with Crippen molar-refractivity contribution < 1.29 is 17.6 Å². The second kappa shape index (κ2) is 6.58. The van der Waals surface area contributed by atoms with Gasteiger partial charge in [0.25, 0.3) is 10.0 Å². The van der Waals surface area contributed by atoms with Crippen LogP contribution in [0.1, 0.15) is 17.4 Å². The Bertz CT molecular complexity index is 750. The number of carbonyl (C=O) groups excluding carboxylic acids is 1. The quantitative estimate of drug-likeness (QED) is 0.909. The van der Waals surface area contributed by atoms with Gasteiger partial charge in [-0.2, -0.15) is 0 Å². The van der Waals surface area contributed by atoms with Crippen LogP contribution in [0.25, 0.3) is 0 Å². The van der Waals surface area contributed by atoms with Crippen molar-refractivity contribution in [1.29, 1.82) is 0 Å². The van der Waals surface area contributed by atoms with Crippen LogP contribution in [0.5, 0.6) is 0 Å². The van der Waals surface area contributed by atoms with Gasteiger partial charge in [-0.15, -0.1) is 11.3 Å². The Labute approximate surface area is 133 Å². The number of hydrogen-bond acceptors (Lipinski definition) is 4. The van der Waals surface area contributed by atoms with Crippen molar-refractivity contribution in [3.05, 3.63) is 52.0 Å². The molecule has 0 bridgehead atoms. The molecule has 0 saturated heterocycles. The summed E-state index contributed by atoms with van der Waals surface area (Å²) in [7, 11) is -4.06. The summed E-state index contributed by atoms with van der Waals surface area (Å²) in [5, 5.41) is 1.90. The summed E-state index contributed by atoms with van der Waals surface area (Å²) in [5.74, 6) is -1.75. The Morgan fingerprint density at radius 2 is 2.09 bits per heavy atom. The lowest BCUT2D eigenvalue weighted by molar-refractivity contribution is -0.122. The average Bonchev–Trinajstić information content (AvgIpc) is 2.89. The molecule has 118 valence electrons. The van der Waals surface area contributed by atoms with Gasteiger partial charge in [0, 0.05) is 10.8 Å². The topological polar surface area (TPSA) is 63.2 Å². The lowest BCUT2D eigenvalue weighted by Gasteiger charge is -2.12. The maximum Gasteiger partial charge on any atom is 0.264 e. The first-order valence-corrected chi connectivity index (χ1v) is 9.00. The molecule has 1 N–H and O–H groups in total. The molecular weight excluding hydrogens is 325 g/mol. The number of hydrogen-bond donors (Lipinski definition) is 1. The molecule has 22 heavy (non-hydrogen) atoms. The molecule has 0 spiro atoms. The summed E-state index contributed by atoms with van der Waals surface area (Å²) < 4.78 is 39.7. The maximum atomic E-state index is 13.3. The fourth-order valence-electron chi connectivity index (χ4n) is 1.97. The standard InChI is InChI=1S/C15H16FNO3S2/c1-10-6-12(16)9-14(7-10)22(19,20)17-15(18)11(2)8-13-4-3-5-21-13/h3-7,9,11H,8H2,1-2H3,(H,17,18). The monoisotopic (exact) mass is 341 g/mol. The van der Waals surface area contributed by atoms with Gasteiger partial charge in [0.1, 0.15) is 5.82 Å². The van der Waals surface area contributed by atoms with E-state index in [2.05, 4.69) is 0 Å². The highest BCUT2D eigenvalue weighted by molar-refractivity contribution is 7.90. The SMILES string of the molecule is Cc1cc(F)cc(S(=O)(=O)NC(=O)C(C)Cc2cccs2)c1. The molecular formula is C15H16FNO3S2. The van der Waals surface area contributed by atoms with Crippen LogP contribution in [0, 0.1) is 18.7 Å². The van der Waals surface area contributed by atoms with Crippen molar-refractivity contribution in [3.63, 3.8) is 0 Å². The van der Waals surface area contributed by atoms with E-state index in [1.54, 1.807) is 13.8 Å². The van der Waals surface area contributed by atoms with Gasteiger partial charge in [0.15, 0.2) is 0 Å². The van der Waals surface area contributed by atoms with E-state index in [9.17, 15) is 17.6 Å². The maximum absolute atomic E-state index is 13.3. The molecule has 1 aromatic heterocycles. The molecule has 2 aromatic rings. The summed E-state index contributed by atoms with van der Waals surface area (Å²) in [6.45, 7) is 3.24. The van der Waals surface area contributed by atoms with Gasteiger partial charge in [0.05, 0.1) is 4.90 Å². The molecule has 0 aliphatic rings. The van der Waals surface area contributed by atoms with Gasteiger partial charge in [-0.3, -0.25) is 4.79 Å². The van der Waals surface area contributed by atoms with Gasteiger partial charge in [-0.1, -0.05) is 13.0 Å². The first-order valence-electron chi connectivity index (χ1n) is 6.64. The van der Waals surface area contributed by atoms with Crippen LogP contribution in [-0.2, 0) is 21.2 Å². The lowest BCUT2D eigenvalue weighted by atomic mass is 10.1. The van der Waals surface area contributed by atoms with Gasteiger partial charge in [-0.05, 0) is 48.6 Å². The summed E-state index contributed by atoms with van der Waals surface area (Å²) in [6, 6.07) is 7.20. The van der Waals surface area contributed by atoms with Crippen molar-refractivity contribution in [2.75, 3.05) is 0 Å². The molecule has 1 heterocycles.